The van der Waals surface area contributed by atoms with Gasteiger partial charge in [-0.15, -0.1) is 0 Å². The highest BCUT2D eigenvalue weighted by atomic mass is 15.1. The van der Waals surface area contributed by atoms with Crippen LogP contribution >= 0.6 is 0 Å². The number of imidazole rings is 1. The Morgan fingerprint density at radius 3 is 2.71 bits per heavy atom. The van der Waals surface area contributed by atoms with Crippen molar-refractivity contribution >= 4 is 27.2 Å². The highest BCUT2D eigenvalue weighted by Crippen LogP contribution is 2.46. The smallest absolute Gasteiger partial charge is 0.121 e. The lowest BCUT2D eigenvalue weighted by Gasteiger charge is -2.33. The van der Waals surface area contributed by atoms with E-state index in [0.29, 0.717) is 5.92 Å². The number of hydrogen-bond donors (Lipinski definition) is 0. The van der Waals surface area contributed by atoms with Crippen LogP contribution in [0.3, 0.4) is 0 Å². The maximum absolute atomic E-state index is 4.68. The second kappa shape index (κ2) is 6.26. The average Bonchev–Trinajstić information content (AvgIpc) is 3.34. The molecule has 2 atom stereocenters. The van der Waals surface area contributed by atoms with Gasteiger partial charge in [-0.05, 0) is 40.3 Å². The van der Waals surface area contributed by atoms with Gasteiger partial charge in [0.25, 0.3) is 0 Å². The summed E-state index contributed by atoms with van der Waals surface area (Å²) in [6.45, 7) is 0. The molecule has 0 fully saturated rings. The number of pyridine rings is 1. The second-order valence-corrected chi connectivity index (χ2v) is 8.32. The number of aromatic nitrogens is 3. The van der Waals surface area contributed by atoms with Crippen molar-refractivity contribution in [1.82, 2.24) is 14.5 Å². The average molecular weight is 397 g/mol. The predicted octanol–water partition coefficient (Wildman–Crippen LogP) is 6.41. The van der Waals surface area contributed by atoms with Crippen LogP contribution in [-0.4, -0.2) is 14.5 Å². The molecule has 7 rings (SSSR count). The first-order chi connectivity index (χ1) is 15.4. The largest absolute Gasteiger partial charge is 0.303 e. The molecule has 0 radical (unpaired) electrons. The third-order valence-electron chi connectivity index (χ3n) is 6.67. The van der Waals surface area contributed by atoms with Crippen LogP contribution in [0.5, 0.6) is 0 Å². The number of nitrogens with zero attached hydrogens (tertiary/aromatic N) is 3. The number of hydrogen-bond acceptors (Lipinski definition) is 2. The molecule has 0 saturated carbocycles. The molecule has 31 heavy (non-hydrogen) atoms. The van der Waals surface area contributed by atoms with Gasteiger partial charge < -0.3 is 4.57 Å². The van der Waals surface area contributed by atoms with E-state index < -0.39 is 0 Å². The van der Waals surface area contributed by atoms with Crippen LogP contribution in [0.25, 0.3) is 32.9 Å². The van der Waals surface area contributed by atoms with Gasteiger partial charge in [-0.3, -0.25) is 4.98 Å². The number of para-hydroxylation sites is 1. The molecule has 1 aliphatic heterocycles. The predicted molar refractivity (Wildman–Crippen MR) is 125 cm³/mol. The molecule has 3 aromatic carbocycles. The molecule has 2 unspecified atom stereocenters. The minimum atomic E-state index is 0.266. The van der Waals surface area contributed by atoms with Crippen molar-refractivity contribution in [3.8, 4) is 5.69 Å². The van der Waals surface area contributed by atoms with Gasteiger partial charge in [0.15, 0.2) is 0 Å². The third kappa shape index (κ3) is 2.40. The minimum absolute atomic E-state index is 0.266. The van der Waals surface area contributed by atoms with E-state index in [9.17, 15) is 0 Å². The summed E-state index contributed by atoms with van der Waals surface area (Å²) in [5, 5.41) is 3.60. The zero-order chi connectivity index (χ0) is 20.4. The SMILES string of the molecule is C1=CC2c3nccn3-c3ccccc3C2C=C1c1ccc2c(ccc3cccnc32)c1. The van der Waals surface area contributed by atoms with Gasteiger partial charge in [0.1, 0.15) is 5.82 Å². The van der Waals surface area contributed by atoms with E-state index >= 15 is 0 Å². The van der Waals surface area contributed by atoms with Crippen molar-refractivity contribution < 1.29 is 0 Å². The molecule has 2 aliphatic rings. The van der Waals surface area contributed by atoms with E-state index in [1.165, 1.54) is 38.5 Å². The zero-order valence-electron chi connectivity index (χ0n) is 16.8. The van der Waals surface area contributed by atoms with Gasteiger partial charge in [-0.2, -0.15) is 0 Å². The van der Waals surface area contributed by atoms with Crippen LogP contribution in [0, 0.1) is 0 Å². The molecule has 0 amide bonds. The molecule has 3 heterocycles. The Labute approximate surface area is 180 Å². The van der Waals surface area contributed by atoms with Crippen LogP contribution in [-0.2, 0) is 0 Å². The summed E-state index contributed by atoms with van der Waals surface area (Å²) in [7, 11) is 0. The highest BCUT2D eigenvalue weighted by molar-refractivity contribution is 6.06. The summed E-state index contributed by atoms with van der Waals surface area (Å²) in [6, 6.07) is 23.9. The molecule has 0 saturated heterocycles. The molecule has 3 heteroatoms. The number of rotatable bonds is 1. The van der Waals surface area contributed by atoms with Crippen molar-refractivity contribution in [2.24, 2.45) is 0 Å². The maximum atomic E-state index is 4.68. The molecule has 0 spiro atoms. The van der Waals surface area contributed by atoms with Crippen molar-refractivity contribution in [2.75, 3.05) is 0 Å². The van der Waals surface area contributed by atoms with Gasteiger partial charge in [0.2, 0.25) is 0 Å². The van der Waals surface area contributed by atoms with E-state index in [2.05, 4.69) is 99.6 Å². The first-order valence-corrected chi connectivity index (χ1v) is 10.7. The normalized spacial score (nSPS) is 19.0. The first-order valence-electron chi connectivity index (χ1n) is 10.7. The fraction of sp³-hybridized carbons (Fsp3) is 0.0714. The standard InChI is InChI=1S/C28H19N3/c1-2-6-26-23(5-1)25-17-20(10-12-24(25)28-30-14-15-31(26)28)19-9-11-22-21(16-19)8-7-18-4-3-13-29-27(18)22/h1-17,24-25H. The lowest BCUT2D eigenvalue weighted by molar-refractivity contribution is 0.636. The third-order valence-corrected chi connectivity index (χ3v) is 6.67. The van der Waals surface area contributed by atoms with E-state index in [-0.39, 0.29) is 5.92 Å². The van der Waals surface area contributed by atoms with Gasteiger partial charge in [0.05, 0.1) is 11.2 Å². The van der Waals surface area contributed by atoms with Crippen LogP contribution in [0.2, 0.25) is 0 Å². The van der Waals surface area contributed by atoms with Gasteiger partial charge in [-0.1, -0.05) is 66.8 Å². The Morgan fingerprint density at radius 1 is 0.774 bits per heavy atom. The minimum Gasteiger partial charge on any atom is -0.303 e. The molecule has 2 aromatic heterocycles. The fourth-order valence-electron chi connectivity index (χ4n) is 5.21. The molecule has 0 bridgehead atoms. The van der Waals surface area contributed by atoms with E-state index in [1.54, 1.807) is 0 Å². The quantitative estimate of drug-likeness (QED) is 0.306. The number of allylic oxidation sites excluding steroid dienone is 4. The number of benzene rings is 3. The first kappa shape index (κ1) is 16.8. The Morgan fingerprint density at radius 2 is 1.71 bits per heavy atom. The summed E-state index contributed by atoms with van der Waals surface area (Å²) in [4.78, 5) is 9.29. The van der Waals surface area contributed by atoms with Gasteiger partial charge in [0, 0.05) is 41.2 Å². The van der Waals surface area contributed by atoms with Crippen LogP contribution < -0.4 is 0 Å². The summed E-state index contributed by atoms with van der Waals surface area (Å²) in [5.41, 5.74) is 6.16. The van der Waals surface area contributed by atoms with Crippen molar-refractivity contribution in [3.05, 3.63) is 120 Å². The molecule has 0 N–H and O–H groups in total. The van der Waals surface area contributed by atoms with Crippen molar-refractivity contribution in [2.45, 2.75) is 11.8 Å². The summed E-state index contributed by atoms with van der Waals surface area (Å²) < 4.78 is 2.23. The molecule has 5 aromatic rings. The summed E-state index contributed by atoms with van der Waals surface area (Å²) >= 11 is 0. The Kier molecular flexibility index (Phi) is 3.39. The fourth-order valence-corrected chi connectivity index (χ4v) is 5.21. The number of fused-ring (bicyclic) bond motifs is 9. The van der Waals surface area contributed by atoms with Crippen molar-refractivity contribution in [1.29, 1.82) is 0 Å². The van der Waals surface area contributed by atoms with Crippen molar-refractivity contribution in [3.63, 3.8) is 0 Å². The highest BCUT2D eigenvalue weighted by Gasteiger charge is 2.33. The van der Waals surface area contributed by atoms with Crippen LogP contribution in [0.15, 0.2) is 104 Å². The lowest BCUT2D eigenvalue weighted by atomic mass is 9.76. The van der Waals surface area contributed by atoms with E-state index in [4.69, 9.17) is 0 Å². The monoisotopic (exact) mass is 397 g/mol. The van der Waals surface area contributed by atoms with Gasteiger partial charge in [-0.25, -0.2) is 4.98 Å². The summed E-state index contributed by atoms with van der Waals surface area (Å²) in [6.07, 6.45) is 12.8. The molecule has 146 valence electrons. The topological polar surface area (TPSA) is 30.7 Å². The van der Waals surface area contributed by atoms with Gasteiger partial charge >= 0.3 is 0 Å². The summed E-state index contributed by atoms with van der Waals surface area (Å²) in [5.74, 6) is 1.67. The van der Waals surface area contributed by atoms with Crippen LogP contribution in [0.4, 0.5) is 0 Å². The molecule has 1 aliphatic carbocycles. The van der Waals surface area contributed by atoms with E-state index in [0.717, 1.165) is 11.3 Å². The molecular weight excluding hydrogens is 378 g/mol. The van der Waals surface area contributed by atoms with Crippen LogP contribution in [0.1, 0.15) is 28.8 Å². The Bertz CT molecular complexity index is 1550. The maximum Gasteiger partial charge on any atom is 0.121 e. The Hall–Kier alpha value is -3.98. The zero-order valence-corrected chi connectivity index (χ0v) is 16.8. The molecular formula is C28H19N3. The second-order valence-electron chi connectivity index (χ2n) is 8.32. The van der Waals surface area contributed by atoms with E-state index in [1.807, 2.05) is 18.5 Å². The lowest BCUT2D eigenvalue weighted by Crippen LogP contribution is -2.22. The Balaban J connectivity index is 1.37. The molecule has 3 nitrogen and oxygen atoms in total.